The predicted octanol–water partition coefficient (Wildman–Crippen LogP) is 1.33. The van der Waals surface area contributed by atoms with Gasteiger partial charge in [-0.3, -0.25) is 4.68 Å². The van der Waals surface area contributed by atoms with Crippen molar-refractivity contribution in [3.8, 4) is 0 Å². The van der Waals surface area contributed by atoms with Crippen LogP contribution in [-0.4, -0.2) is 36.8 Å². The fourth-order valence-electron chi connectivity index (χ4n) is 2.44. The van der Waals surface area contributed by atoms with Gasteiger partial charge < -0.3 is 5.32 Å². The number of hydrogen-bond donors (Lipinski definition) is 2. The van der Waals surface area contributed by atoms with Crippen molar-refractivity contribution in [2.75, 3.05) is 13.1 Å². The van der Waals surface area contributed by atoms with Crippen molar-refractivity contribution in [3.05, 3.63) is 11.4 Å². The van der Waals surface area contributed by atoms with Gasteiger partial charge in [0.2, 0.25) is 10.0 Å². The number of nitrogens with zero attached hydrogens (tertiary/aromatic N) is 2. The molecular formula is C14H26N4O2S. The van der Waals surface area contributed by atoms with Crippen LogP contribution >= 0.6 is 0 Å². The first-order valence-electron chi connectivity index (χ1n) is 7.58. The third-order valence-corrected chi connectivity index (χ3v) is 5.78. The maximum absolute atomic E-state index is 12.5. The summed E-state index contributed by atoms with van der Waals surface area (Å²) in [5.41, 5.74) is 1.02. The summed E-state index contributed by atoms with van der Waals surface area (Å²) in [6.45, 7) is 10.1. The lowest BCUT2D eigenvalue weighted by atomic mass is 10.4. The van der Waals surface area contributed by atoms with E-state index in [-0.39, 0.29) is 5.54 Å². The fraction of sp³-hybridized carbons (Fsp3) is 0.786. The lowest BCUT2D eigenvalue weighted by Gasteiger charge is -2.12. The van der Waals surface area contributed by atoms with E-state index in [1.807, 2.05) is 13.8 Å². The molecule has 0 radical (unpaired) electrons. The number of aromatic nitrogens is 2. The Bertz CT molecular complexity index is 603. The van der Waals surface area contributed by atoms with Crippen LogP contribution in [0.15, 0.2) is 4.90 Å². The van der Waals surface area contributed by atoms with Gasteiger partial charge in [0.15, 0.2) is 0 Å². The molecule has 0 bridgehead atoms. The first-order valence-corrected chi connectivity index (χ1v) is 9.06. The van der Waals surface area contributed by atoms with E-state index in [4.69, 9.17) is 0 Å². The van der Waals surface area contributed by atoms with E-state index in [9.17, 15) is 8.42 Å². The molecule has 1 saturated carbocycles. The summed E-state index contributed by atoms with van der Waals surface area (Å²) in [5.74, 6) is 0. The molecule has 0 spiro atoms. The summed E-state index contributed by atoms with van der Waals surface area (Å²) < 4.78 is 29.7. The molecule has 2 N–H and O–H groups in total. The number of hydrogen-bond acceptors (Lipinski definition) is 4. The zero-order valence-corrected chi connectivity index (χ0v) is 14.2. The number of nitrogens with one attached hydrogen (secondary N) is 2. The molecule has 1 aliphatic carbocycles. The van der Waals surface area contributed by atoms with Crippen molar-refractivity contribution < 1.29 is 8.42 Å². The van der Waals surface area contributed by atoms with Crippen LogP contribution < -0.4 is 10.0 Å². The third-order valence-electron chi connectivity index (χ3n) is 3.89. The Kier molecular flexibility index (Phi) is 4.75. The minimum absolute atomic E-state index is 0.261. The largest absolute Gasteiger partial charge is 0.315 e. The molecule has 0 saturated heterocycles. The summed E-state index contributed by atoms with van der Waals surface area (Å²) in [4.78, 5) is 0.339. The van der Waals surface area contributed by atoms with Crippen LogP contribution in [0, 0.1) is 13.8 Å². The van der Waals surface area contributed by atoms with Gasteiger partial charge in [-0.15, -0.1) is 0 Å². The van der Waals surface area contributed by atoms with Gasteiger partial charge in [0, 0.05) is 12.1 Å². The first kappa shape index (κ1) is 16.5. The Morgan fingerprint density at radius 3 is 2.52 bits per heavy atom. The van der Waals surface area contributed by atoms with Crippen molar-refractivity contribution in [3.63, 3.8) is 0 Å². The van der Waals surface area contributed by atoms with Gasteiger partial charge in [-0.1, -0.05) is 6.92 Å². The van der Waals surface area contributed by atoms with Crippen LogP contribution in [0.3, 0.4) is 0 Å². The molecule has 1 heterocycles. The van der Waals surface area contributed by atoms with E-state index in [2.05, 4.69) is 22.1 Å². The SMILES string of the molecule is CCCNCCn1nc(C)c(S(=O)(=O)NC2(C)CC2)c1C. The molecule has 0 atom stereocenters. The van der Waals surface area contributed by atoms with Crippen molar-refractivity contribution in [2.45, 2.75) is 63.9 Å². The maximum Gasteiger partial charge on any atom is 0.244 e. The van der Waals surface area contributed by atoms with Gasteiger partial charge in [0.1, 0.15) is 4.90 Å². The molecule has 1 aromatic rings. The van der Waals surface area contributed by atoms with Crippen molar-refractivity contribution in [2.24, 2.45) is 0 Å². The van der Waals surface area contributed by atoms with E-state index in [0.29, 0.717) is 22.8 Å². The topological polar surface area (TPSA) is 76.0 Å². The number of rotatable bonds is 8. The molecule has 1 fully saturated rings. The molecule has 0 unspecified atom stereocenters. The number of aryl methyl sites for hydroxylation is 1. The van der Waals surface area contributed by atoms with Crippen LogP contribution in [0.5, 0.6) is 0 Å². The Morgan fingerprint density at radius 1 is 1.29 bits per heavy atom. The smallest absolute Gasteiger partial charge is 0.244 e. The molecule has 1 aliphatic rings. The molecule has 21 heavy (non-hydrogen) atoms. The summed E-state index contributed by atoms with van der Waals surface area (Å²) >= 11 is 0. The molecule has 1 aromatic heterocycles. The highest BCUT2D eigenvalue weighted by Gasteiger charge is 2.42. The fourth-order valence-corrected chi connectivity index (χ4v) is 4.32. The predicted molar refractivity (Wildman–Crippen MR) is 82.8 cm³/mol. The monoisotopic (exact) mass is 314 g/mol. The first-order chi connectivity index (χ1) is 9.79. The quantitative estimate of drug-likeness (QED) is 0.710. The van der Waals surface area contributed by atoms with Gasteiger partial charge in [-0.2, -0.15) is 5.10 Å². The lowest BCUT2D eigenvalue weighted by molar-refractivity contribution is 0.538. The van der Waals surface area contributed by atoms with Gasteiger partial charge in [-0.25, -0.2) is 13.1 Å². The van der Waals surface area contributed by atoms with E-state index in [0.717, 1.165) is 32.4 Å². The number of sulfonamides is 1. The van der Waals surface area contributed by atoms with Gasteiger partial charge in [0.25, 0.3) is 0 Å². The van der Waals surface area contributed by atoms with E-state index in [1.165, 1.54) is 0 Å². The van der Waals surface area contributed by atoms with Crippen molar-refractivity contribution in [1.29, 1.82) is 0 Å². The third kappa shape index (κ3) is 3.84. The Morgan fingerprint density at radius 2 is 1.95 bits per heavy atom. The standard InChI is InChI=1S/C14H26N4O2S/c1-5-8-15-9-10-18-12(3)13(11(2)16-18)21(19,20)17-14(4)6-7-14/h15,17H,5-10H2,1-4H3. The highest BCUT2D eigenvalue weighted by Crippen LogP contribution is 2.36. The second kappa shape index (κ2) is 6.06. The van der Waals surface area contributed by atoms with Gasteiger partial charge >= 0.3 is 0 Å². The minimum Gasteiger partial charge on any atom is -0.315 e. The molecule has 7 heteroatoms. The second-order valence-electron chi connectivity index (χ2n) is 6.14. The van der Waals surface area contributed by atoms with E-state index in [1.54, 1.807) is 11.6 Å². The summed E-state index contributed by atoms with van der Waals surface area (Å²) in [5, 5.41) is 7.68. The molecule has 0 amide bonds. The highest BCUT2D eigenvalue weighted by atomic mass is 32.2. The molecule has 0 aromatic carbocycles. The average Bonchev–Trinajstić information content (AvgIpc) is 3.00. The van der Waals surface area contributed by atoms with Crippen LogP contribution in [0.4, 0.5) is 0 Å². The highest BCUT2D eigenvalue weighted by molar-refractivity contribution is 7.89. The van der Waals surface area contributed by atoms with Crippen molar-refractivity contribution in [1.82, 2.24) is 19.8 Å². The molecule has 0 aliphatic heterocycles. The summed E-state index contributed by atoms with van der Waals surface area (Å²) in [7, 11) is -3.48. The summed E-state index contributed by atoms with van der Waals surface area (Å²) in [6.07, 6.45) is 2.89. The lowest BCUT2D eigenvalue weighted by Crippen LogP contribution is -2.34. The van der Waals surface area contributed by atoms with Gasteiger partial charge in [-0.05, 0) is 46.6 Å². The molecule has 120 valence electrons. The summed E-state index contributed by atoms with van der Waals surface area (Å²) in [6, 6.07) is 0. The van der Waals surface area contributed by atoms with Crippen LogP contribution in [0.1, 0.15) is 44.5 Å². The normalized spacial score (nSPS) is 17.1. The van der Waals surface area contributed by atoms with Crippen LogP contribution in [-0.2, 0) is 16.6 Å². The molecule has 2 rings (SSSR count). The molecular weight excluding hydrogens is 288 g/mol. The maximum atomic E-state index is 12.5. The van der Waals surface area contributed by atoms with Crippen LogP contribution in [0.2, 0.25) is 0 Å². The van der Waals surface area contributed by atoms with Gasteiger partial charge in [0.05, 0.1) is 17.9 Å². The zero-order chi connectivity index (χ0) is 15.7. The Labute approximate surface area is 127 Å². The Balaban J connectivity index is 2.14. The van der Waals surface area contributed by atoms with Crippen LogP contribution in [0.25, 0.3) is 0 Å². The van der Waals surface area contributed by atoms with E-state index >= 15 is 0 Å². The van der Waals surface area contributed by atoms with E-state index < -0.39 is 10.0 Å². The van der Waals surface area contributed by atoms with Crippen molar-refractivity contribution >= 4 is 10.0 Å². The zero-order valence-electron chi connectivity index (χ0n) is 13.4. The molecule has 6 nitrogen and oxygen atoms in total. The Hall–Kier alpha value is -0.920. The minimum atomic E-state index is -3.48. The average molecular weight is 314 g/mol. The second-order valence-corrected chi connectivity index (χ2v) is 7.76.